The number of hydrogen-bond acceptors (Lipinski definition) is 6. The lowest BCUT2D eigenvalue weighted by Gasteiger charge is -1.98. The van der Waals surface area contributed by atoms with Crippen molar-refractivity contribution in [2.45, 2.75) is 6.10 Å². The SMILES string of the molecule is COc1nc(OC)c(C(O)C#N)s1. The summed E-state index contributed by atoms with van der Waals surface area (Å²) in [6, 6.07) is 1.68. The Hall–Kier alpha value is -1.32. The molecule has 1 rings (SSSR count). The van der Waals surface area contributed by atoms with Crippen molar-refractivity contribution >= 4 is 11.3 Å². The molecular formula is C7H8N2O3S. The molecule has 0 saturated heterocycles. The highest BCUT2D eigenvalue weighted by atomic mass is 32.1. The number of aromatic nitrogens is 1. The maximum Gasteiger partial charge on any atom is 0.276 e. The standard InChI is InChI=1S/C7H8N2O3S/c1-11-6-5(4(10)3-8)13-7(9-6)12-2/h4,10H,1-2H3. The van der Waals surface area contributed by atoms with Crippen LogP contribution in [0.25, 0.3) is 0 Å². The first-order valence-corrected chi connectivity index (χ1v) is 4.21. The zero-order valence-electron chi connectivity index (χ0n) is 7.14. The predicted molar refractivity (Wildman–Crippen MR) is 45.8 cm³/mol. The van der Waals surface area contributed by atoms with Gasteiger partial charge in [-0.05, 0) is 0 Å². The van der Waals surface area contributed by atoms with Crippen molar-refractivity contribution in [1.82, 2.24) is 4.98 Å². The monoisotopic (exact) mass is 200 g/mol. The molecule has 1 aromatic rings. The molecule has 0 aliphatic heterocycles. The Morgan fingerprint density at radius 3 is 2.69 bits per heavy atom. The summed E-state index contributed by atoms with van der Waals surface area (Å²) in [5.74, 6) is 0.232. The number of ether oxygens (including phenoxy) is 2. The first-order chi connectivity index (χ1) is 6.22. The fourth-order valence-corrected chi connectivity index (χ4v) is 1.54. The van der Waals surface area contributed by atoms with E-state index in [0.29, 0.717) is 10.1 Å². The maximum absolute atomic E-state index is 9.22. The van der Waals surface area contributed by atoms with E-state index in [1.54, 1.807) is 6.07 Å². The van der Waals surface area contributed by atoms with E-state index in [4.69, 9.17) is 14.7 Å². The van der Waals surface area contributed by atoms with Crippen molar-refractivity contribution in [3.63, 3.8) is 0 Å². The maximum atomic E-state index is 9.22. The normalized spacial score (nSPS) is 11.8. The highest BCUT2D eigenvalue weighted by molar-refractivity contribution is 7.13. The van der Waals surface area contributed by atoms with E-state index in [1.165, 1.54) is 14.2 Å². The van der Waals surface area contributed by atoms with Gasteiger partial charge in [0.2, 0.25) is 5.88 Å². The van der Waals surface area contributed by atoms with Crippen molar-refractivity contribution < 1.29 is 14.6 Å². The Balaban J connectivity index is 3.05. The summed E-state index contributed by atoms with van der Waals surface area (Å²) in [6.07, 6.45) is -1.21. The van der Waals surface area contributed by atoms with Crippen LogP contribution in [-0.4, -0.2) is 24.3 Å². The van der Waals surface area contributed by atoms with E-state index in [2.05, 4.69) is 4.98 Å². The van der Waals surface area contributed by atoms with Gasteiger partial charge in [-0.3, -0.25) is 0 Å². The van der Waals surface area contributed by atoms with Crippen molar-refractivity contribution in [2.24, 2.45) is 0 Å². The van der Waals surface area contributed by atoms with Crippen LogP contribution < -0.4 is 9.47 Å². The molecular weight excluding hydrogens is 192 g/mol. The van der Waals surface area contributed by atoms with Gasteiger partial charge in [-0.1, -0.05) is 11.3 Å². The quantitative estimate of drug-likeness (QED) is 0.727. The molecule has 1 atom stereocenters. The van der Waals surface area contributed by atoms with Gasteiger partial charge in [0.1, 0.15) is 10.9 Å². The molecule has 5 nitrogen and oxygen atoms in total. The number of methoxy groups -OCH3 is 2. The van der Waals surface area contributed by atoms with Crippen molar-refractivity contribution in [3.05, 3.63) is 4.88 Å². The van der Waals surface area contributed by atoms with Crippen LogP contribution >= 0.6 is 11.3 Å². The molecule has 70 valence electrons. The highest BCUT2D eigenvalue weighted by Crippen LogP contribution is 2.34. The summed E-state index contributed by atoms with van der Waals surface area (Å²) in [6.45, 7) is 0. The topological polar surface area (TPSA) is 75.4 Å². The molecule has 1 aromatic heterocycles. The van der Waals surface area contributed by atoms with Gasteiger partial charge in [0, 0.05) is 0 Å². The van der Waals surface area contributed by atoms with E-state index in [9.17, 15) is 5.11 Å². The highest BCUT2D eigenvalue weighted by Gasteiger charge is 2.19. The lowest BCUT2D eigenvalue weighted by atomic mass is 10.3. The number of rotatable bonds is 3. The van der Waals surface area contributed by atoms with Gasteiger partial charge in [-0.15, -0.1) is 0 Å². The third-order valence-electron chi connectivity index (χ3n) is 1.34. The molecule has 0 spiro atoms. The Kier molecular flexibility index (Phi) is 3.06. The second kappa shape index (κ2) is 4.07. The summed E-state index contributed by atoms with van der Waals surface area (Å²) in [5, 5.41) is 18.1. The molecule has 0 aromatic carbocycles. The van der Waals surface area contributed by atoms with Crippen LogP contribution in [0.3, 0.4) is 0 Å². The summed E-state index contributed by atoms with van der Waals surface area (Å²) in [7, 11) is 2.88. The van der Waals surface area contributed by atoms with E-state index >= 15 is 0 Å². The molecule has 0 aliphatic rings. The van der Waals surface area contributed by atoms with Crippen LogP contribution in [0.5, 0.6) is 11.1 Å². The van der Waals surface area contributed by atoms with Gasteiger partial charge in [0.15, 0.2) is 6.10 Å². The number of nitrogens with zero attached hydrogens (tertiary/aromatic N) is 2. The van der Waals surface area contributed by atoms with Gasteiger partial charge in [-0.2, -0.15) is 10.2 Å². The molecule has 0 amide bonds. The minimum atomic E-state index is -1.21. The number of aliphatic hydroxyl groups excluding tert-OH is 1. The average Bonchev–Trinajstić information content (AvgIpc) is 2.59. The average molecular weight is 200 g/mol. The van der Waals surface area contributed by atoms with Crippen molar-refractivity contribution in [1.29, 1.82) is 5.26 Å². The molecule has 0 bridgehead atoms. The Labute approximate surface area is 79.2 Å². The van der Waals surface area contributed by atoms with Gasteiger partial charge in [0.05, 0.1) is 14.2 Å². The Morgan fingerprint density at radius 1 is 1.54 bits per heavy atom. The first kappa shape index (κ1) is 9.77. The summed E-state index contributed by atoms with van der Waals surface area (Å²) in [4.78, 5) is 4.24. The second-order valence-corrected chi connectivity index (χ2v) is 3.08. The van der Waals surface area contributed by atoms with Crippen molar-refractivity contribution in [2.75, 3.05) is 14.2 Å². The fraction of sp³-hybridized carbons (Fsp3) is 0.429. The smallest absolute Gasteiger partial charge is 0.276 e. The second-order valence-electron chi connectivity index (χ2n) is 2.09. The summed E-state index contributed by atoms with van der Waals surface area (Å²) < 4.78 is 9.70. The van der Waals surface area contributed by atoms with Crippen LogP contribution in [-0.2, 0) is 0 Å². The van der Waals surface area contributed by atoms with Gasteiger partial charge in [-0.25, -0.2) is 0 Å². The molecule has 1 unspecified atom stereocenters. The van der Waals surface area contributed by atoms with E-state index in [1.807, 2.05) is 0 Å². The third kappa shape index (κ3) is 1.88. The number of thiazole rings is 1. The molecule has 0 radical (unpaired) electrons. The number of hydrogen-bond donors (Lipinski definition) is 1. The molecule has 0 fully saturated rings. The van der Waals surface area contributed by atoms with E-state index < -0.39 is 6.10 Å². The van der Waals surface area contributed by atoms with Gasteiger partial charge in [0.25, 0.3) is 5.19 Å². The van der Waals surface area contributed by atoms with Gasteiger partial charge < -0.3 is 14.6 Å². The third-order valence-corrected chi connectivity index (χ3v) is 2.39. The minimum Gasteiger partial charge on any atom is -0.480 e. The molecule has 1 N–H and O–H groups in total. The van der Waals surface area contributed by atoms with Gasteiger partial charge >= 0.3 is 0 Å². The molecule has 6 heteroatoms. The molecule has 0 saturated carbocycles. The molecule has 1 heterocycles. The largest absolute Gasteiger partial charge is 0.480 e. The lowest BCUT2D eigenvalue weighted by molar-refractivity contribution is 0.233. The Bertz CT molecular complexity index is 331. The van der Waals surface area contributed by atoms with E-state index in [-0.39, 0.29) is 5.88 Å². The van der Waals surface area contributed by atoms with Crippen LogP contribution in [0.2, 0.25) is 0 Å². The first-order valence-electron chi connectivity index (χ1n) is 3.39. The lowest BCUT2D eigenvalue weighted by Crippen LogP contribution is -1.93. The van der Waals surface area contributed by atoms with Crippen LogP contribution in [0.4, 0.5) is 0 Å². The van der Waals surface area contributed by atoms with Crippen LogP contribution in [0.1, 0.15) is 11.0 Å². The van der Waals surface area contributed by atoms with E-state index in [0.717, 1.165) is 11.3 Å². The van der Waals surface area contributed by atoms with Crippen molar-refractivity contribution in [3.8, 4) is 17.1 Å². The molecule has 0 aliphatic carbocycles. The summed E-state index contributed by atoms with van der Waals surface area (Å²) >= 11 is 1.09. The summed E-state index contributed by atoms with van der Waals surface area (Å²) in [5.41, 5.74) is 0. The number of aliphatic hydroxyl groups is 1. The van der Waals surface area contributed by atoms with Crippen LogP contribution in [0.15, 0.2) is 0 Å². The Morgan fingerprint density at radius 2 is 2.23 bits per heavy atom. The minimum absolute atomic E-state index is 0.232. The zero-order valence-corrected chi connectivity index (χ0v) is 7.96. The number of nitriles is 1. The zero-order chi connectivity index (χ0) is 9.84. The fourth-order valence-electron chi connectivity index (χ4n) is 0.763. The predicted octanol–water partition coefficient (Wildman–Crippen LogP) is 0.717. The van der Waals surface area contributed by atoms with Crippen LogP contribution in [0, 0.1) is 11.3 Å². The molecule has 13 heavy (non-hydrogen) atoms.